The number of thiophene rings is 1. The maximum atomic E-state index is 12.2. The third kappa shape index (κ3) is 3.86. The SMILES string of the molecule is Cc1c(CC(=O)NCCc2ccsc2)c(=O)oc2cc(O)c(Cl)cc12. The van der Waals surface area contributed by atoms with Gasteiger partial charge in [0.1, 0.15) is 11.3 Å². The van der Waals surface area contributed by atoms with Crippen molar-refractivity contribution in [2.45, 2.75) is 19.8 Å². The van der Waals surface area contributed by atoms with E-state index in [-0.39, 0.29) is 28.7 Å². The maximum Gasteiger partial charge on any atom is 0.340 e. The molecule has 0 aliphatic heterocycles. The van der Waals surface area contributed by atoms with E-state index >= 15 is 0 Å². The molecule has 0 bridgehead atoms. The predicted octanol–water partition coefficient (Wildman–Crippen LogP) is 3.42. The average molecular weight is 378 g/mol. The highest BCUT2D eigenvalue weighted by Gasteiger charge is 2.16. The number of carbonyl (C=O) groups excluding carboxylic acids is 1. The number of phenolic OH excluding ortho intramolecular Hbond substituents is 1. The molecule has 2 heterocycles. The Labute approximate surface area is 152 Å². The van der Waals surface area contributed by atoms with Crippen LogP contribution in [0.4, 0.5) is 0 Å². The first kappa shape index (κ1) is 17.5. The number of hydrogen-bond acceptors (Lipinski definition) is 5. The zero-order valence-electron chi connectivity index (χ0n) is 13.5. The number of amides is 1. The standard InChI is InChI=1S/C18H16ClNO4S/c1-10-12-6-14(19)15(21)8-16(12)24-18(23)13(10)7-17(22)20-4-2-11-3-5-25-9-11/h3,5-6,8-9,21H,2,4,7H2,1H3,(H,20,22). The number of carbonyl (C=O) groups is 1. The normalized spacial score (nSPS) is 11.0. The summed E-state index contributed by atoms with van der Waals surface area (Å²) in [6.45, 7) is 2.24. The number of benzene rings is 1. The van der Waals surface area contributed by atoms with Gasteiger partial charge in [-0.1, -0.05) is 11.6 Å². The smallest absolute Gasteiger partial charge is 0.340 e. The van der Waals surface area contributed by atoms with Gasteiger partial charge in [0.15, 0.2) is 0 Å². The van der Waals surface area contributed by atoms with E-state index < -0.39 is 5.63 Å². The van der Waals surface area contributed by atoms with E-state index in [4.69, 9.17) is 16.0 Å². The molecule has 0 saturated heterocycles. The summed E-state index contributed by atoms with van der Waals surface area (Å²) in [7, 11) is 0. The summed E-state index contributed by atoms with van der Waals surface area (Å²) in [5, 5.41) is 17.2. The molecule has 0 aliphatic rings. The van der Waals surface area contributed by atoms with Crippen LogP contribution in [0.1, 0.15) is 16.7 Å². The van der Waals surface area contributed by atoms with Crippen molar-refractivity contribution >= 4 is 39.8 Å². The molecule has 25 heavy (non-hydrogen) atoms. The minimum atomic E-state index is -0.584. The Kier molecular flexibility index (Phi) is 5.11. The van der Waals surface area contributed by atoms with Crippen LogP contribution in [0.3, 0.4) is 0 Å². The van der Waals surface area contributed by atoms with Crippen molar-refractivity contribution in [1.82, 2.24) is 5.32 Å². The first-order valence-corrected chi connectivity index (χ1v) is 9.00. The van der Waals surface area contributed by atoms with Crippen molar-refractivity contribution in [2.75, 3.05) is 6.54 Å². The molecule has 3 rings (SSSR count). The summed E-state index contributed by atoms with van der Waals surface area (Å²) >= 11 is 7.54. The topological polar surface area (TPSA) is 79.5 Å². The summed E-state index contributed by atoms with van der Waals surface area (Å²) in [5.74, 6) is -0.398. The number of fused-ring (bicyclic) bond motifs is 1. The Bertz CT molecular complexity index is 979. The molecule has 0 saturated carbocycles. The van der Waals surface area contributed by atoms with Crippen LogP contribution < -0.4 is 10.9 Å². The van der Waals surface area contributed by atoms with Crippen LogP contribution in [-0.2, 0) is 17.6 Å². The summed E-state index contributed by atoms with van der Waals surface area (Å²) in [5.41, 5.74) is 1.75. The third-order valence-corrected chi connectivity index (χ3v) is 5.04. The van der Waals surface area contributed by atoms with Crippen molar-refractivity contribution in [3.8, 4) is 5.75 Å². The van der Waals surface area contributed by atoms with E-state index in [1.54, 1.807) is 18.3 Å². The van der Waals surface area contributed by atoms with Crippen molar-refractivity contribution < 1.29 is 14.3 Å². The van der Waals surface area contributed by atoms with Crippen molar-refractivity contribution in [3.63, 3.8) is 0 Å². The Morgan fingerprint density at radius 1 is 1.40 bits per heavy atom. The Balaban J connectivity index is 1.77. The number of aryl methyl sites for hydroxylation is 1. The minimum Gasteiger partial charge on any atom is -0.506 e. The van der Waals surface area contributed by atoms with Gasteiger partial charge in [-0.05, 0) is 47.4 Å². The lowest BCUT2D eigenvalue weighted by Crippen LogP contribution is -2.29. The summed E-state index contributed by atoms with van der Waals surface area (Å²) in [6.07, 6.45) is 0.682. The van der Waals surface area contributed by atoms with E-state index in [9.17, 15) is 14.7 Å². The number of hydrogen-bond donors (Lipinski definition) is 2. The second-order valence-corrected chi connectivity index (χ2v) is 6.89. The van der Waals surface area contributed by atoms with Crippen molar-refractivity contribution in [3.05, 3.63) is 61.1 Å². The van der Waals surface area contributed by atoms with Crippen LogP contribution in [-0.4, -0.2) is 17.6 Å². The molecule has 1 amide bonds. The molecule has 3 aromatic rings. The average Bonchev–Trinajstić information content (AvgIpc) is 3.07. The van der Waals surface area contributed by atoms with Gasteiger partial charge < -0.3 is 14.8 Å². The van der Waals surface area contributed by atoms with Gasteiger partial charge in [0.05, 0.1) is 17.0 Å². The van der Waals surface area contributed by atoms with E-state index in [0.29, 0.717) is 23.1 Å². The van der Waals surface area contributed by atoms with Gasteiger partial charge in [-0.3, -0.25) is 4.79 Å². The second kappa shape index (κ2) is 7.29. The van der Waals surface area contributed by atoms with Gasteiger partial charge in [-0.25, -0.2) is 4.79 Å². The van der Waals surface area contributed by atoms with Crippen LogP contribution >= 0.6 is 22.9 Å². The fourth-order valence-corrected chi connectivity index (χ4v) is 3.47. The van der Waals surface area contributed by atoms with Crippen LogP contribution in [0, 0.1) is 6.92 Å². The number of phenols is 1. The van der Waals surface area contributed by atoms with E-state index in [1.807, 2.05) is 16.8 Å². The van der Waals surface area contributed by atoms with Gasteiger partial charge in [-0.2, -0.15) is 11.3 Å². The largest absolute Gasteiger partial charge is 0.506 e. The second-order valence-electron chi connectivity index (χ2n) is 5.70. The molecule has 0 atom stereocenters. The lowest BCUT2D eigenvalue weighted by molar-refractivity contribution is -0.120. The van der Waals surface area contributed by atoms with Crippen LogP contribution in [0.2, 0.25) is 5.02 Å². The maximum absolute atomic E-state index is 12.2. The Morgan fingerprint density at radius 2 is 2.20 bits per heavy atom. The van der Waals surface area contributed by atoms with Gasteiger partial charge in [-0.15, -0.1) is 0 Å². The zero-order valence-corrected chi connectivity index (χ0v) is 15.0. The number of halogens is 1. The number of rotatable bonds is 5. The molecular formula is C18H16ClNO4S. The summed E-state index contributed by atoms with van der Waals surface area (Å²) < 4.78 is 5.22. The number of nitrogens with one attached hydrogen (secondary N) is 1. The molecule has 0 spiro atoms. The molecule has 0 unspecified atom stereocenters. The number of aromatic hydroxyl groups is 1. The van der Waals surface area contributed by atoms with Crippen molar-refractivity contribution in [2.24, 2.45) is 0 Å². The first-order chi connectivity index (χ1) is 12.0. The van der Waals surface area contributed by atoms with Crippen LogP contribution in [0.25, 0.3) is 11.0 Å². The van der Waals surface area contributed by atoms with Crippen LogP contribution in [0.15, 0.2) is 38.2 Å². The zero-order chi connectivity index (χ0) is 18.0. The quantitative estimate of drug-likeness (QED) is 0.668. The summed E-state index contributed by atoms with van der Waals surface area (Å²) in [6, 6.07) is 4.84. The highest BCUT2D eigenvalue weighted by atomic mass is 35.5. The van der Waals surface area contributed by atoms with E-state index in [2.05, 4.69) is 5.32 Å². The summed E-state index contributed by atoms with van der Waals surface area (Å²) in [4.78, 5) is 24.3. The van der Waals surface area contributed by atoms with Gasteiger partial charge in [0.25, 0.3) is 0 Å². The molecule has 0 radical (unpaired) electrons. The molecule has 5 nitrogen and oxygen atoms in total. The molecular weight excluding hydrogens is 362 g/mol. The Morgan fingerprint density at radius 3 is 2.92 bits per heavy atom. The highest BCUT2D eigenvalue weighted by Crippen LogP contribution is 2.30. The van der Waals surface area contributed by atoms with E-state index in [0.717, 1.165) is 6.42 Å². The molecule has 2 aromatic heterocycles. The third-order valence-electron chi connectivity index (χ3n) is 4.01. The molecule has 7 heteroatoms. The Hall–Kier alpha value is -2.31. The van der Waals surface area contributed by atoms with Crippen molar-refractivity contribution in [1.29, 1.82) is 0 Å². The van der Waals surface area contributed by atoms with Gasteiger partial charge in [0, 0.05) is 18.0 Å². The monoisotopic (exact) mass is 377 g/mol. The van der Waals surface area contributed by atoms with Crippen LogP contribution in [0.5, 0.6) is 5.75 Å². The highest BCUT2D eigenvalue weighted by molar-refractivity contribution is 7.07. The van der Waals surface area contributed by atoms with Gasteiger partial charge in [0.2, 0.25) is 5.91 Å². The molecule has 0 aliphatic carbocycles. The molecule has 1 aromatic carbocycles. The minimum absolute atomic E-state index is 0.0633. The molecule has 0 fully saturated rings. The lowest BCUT2D eigenvalue weighted by Gasteiger charge is -2.09. The molecule has 2 N–H and O–H groups in total. The first-order valence-electron chi connectivity index (χ1n) is 7.68. The fraction of sp³-hybridized carbons (Fsp3) is 0.222. The van der Waals surface area contributed by atoms with E-state index in [1.165, 1.54) is 17.7 Å². The fourth-order valence-electron chi connectivity index (χ4n) is 2.61. The molecule has 130 valence electrons. The predicted molar refractivity (Wildman–Crippen MR) is 98.6 cm³/mol. The lowest BCUT2D eigenvalue weighted by atomic mass is 10.0. The van der Waals surface area contributed by atoms with Gasteiger partial charge >= 0.3 is 5.63 Å².